The maximum absolute atomic E-state index is 13.0. The zero-order valence-corrected chi connectivity index (χ0v) is 18.1. The molecule has 7 nitrogen and oxygen atoms in total. The van der Waals surface area contributed by atoms with E-state index in [9.17, 15) is 18.3 Å². The Morgan fingerprint density at radius 1 is 1.12 bits per heavy atom. The van der Waals surface area contributed by atoms with Crippen LogP contribution >= 0.6 is 0 Å². The lowest BCUT2D eigenvalue weighted by atomic mass is 9.96. The summed E-state index contributed by atoms with van der Waals surface area (Å²) in [6.07, 6.45) is 2.05. The number of phenolic OH excluding ortho intramolecular Hbond substituents is 1. The average molecular weight is 459 g/mol. The summed E-state index contributed by atoms with van der Waals surface area (Å²) in [6, 6.07) is 4.84. The van der Waals surface area contributed by atoms with Gasteiger partial charge in [0, 0.05) is 36.5 Å². The van der Waals surface area contributed by atoms with Crippen LogP contribution in [0.3, 0.4) is 0 Å². The summed E-state index contributed by atoms with van der Waals surface area (Å²) < 4.78 is 46.6. The number of aromatic hydroxyl groups is 1. The predicted octanol–water partition coefficient (Wildman–Crippen LogP) is 5.16. The van der Waals surface area contributed by atoms with E-state index in [0.29, 0.717) is 11.5 Å². The van der Waals surface area contributed by atoms with Crippen molar-refractivity contribution in [3.63, 3.8) is 0 Å². The molecule has 0 radical (unpaired) electrons. The zero-order valence-electron chi connectivity index (χ0n) is 18.1. The van der Waals surface area contributed by atoms with E-state index in [1.807, 2.05) is 28.8 Å². The fourth-order valence-electron chi connectivity index (χ4n) is 4.53. The quantitative estimate of drug-likeness (QED) is 0.583. The third kappa shape index (κ3) is 4.03. The zero-order chi connectivity index (χ0) is 23.2. The molecule has 1 unspecified atom stereocenters. The van der Waals surface area contributed by atoms with Crippen molar-refractivity contribution < 1.29 is 23.0 Å². The van der Waals surface area contributed by atoms with Crippen molar-refractivity contribution in [1.29, 1.82) is 0 Å². The number of hydrogen-bond acceptors (Lipinski definition) is 6. The van der Waals surface area contributed by atoms with E-state index < -0.39 is 17.5 Å². The molecule has 3 aromatic rings. The highest BCUT2D eigenvalue weighted by molar-refractivity contribution is 5.74. The van der Waals surface area contributed by atoms with Gasteiger partial charge in [-0.1, -0.05) is 0 Å². The third-order valence-corrected chi connectivity index (χ3v) is 6.29. The Morgan fingerprint density at radius 2 is 1.97 bits per heavy atom. The lowest BCUT2D eigenvalue weighted by Gasteiger charge is -2.29. The van der Waals surface area contributed by atoms with Crippen LogP contribution in [0, 0.1) is 6.92 Å². The number of aromatic nitrogens is 4. The van der Waals surface area contributed by atoms with Crippen LogP contribution in [0.4, 0.5) is 24.8 Å². The molecule has 174 valence electrons. The van der Waals surface area contributed by atoms with Crippen molar-refractivity contribution in [2.24, 2.45) is 0 Å². The molecule has 0 bridgehead atoms. The summed E-state index contributed by atoms with van der Waals surface area (Å²) in [5, 5.41) is 23.7. The van der Waals surface area contributed by atoms with Gasteiger partial charge in [-0.15, -0.1) is 10.2 Å². The Morgan fingerprint density at radius 3 is 2.70 bits per heavy atom. The normalized spacial score (nSPS) is 18.9. The first kappa shape index (κ1) is 21.7. The monoisotopic (exact) mass is 459 g/mol. The van der Waals surface area contributed by atoms with E-state index in [0.717, 1.165) is 74.3 Å². The highest BCUT2D eigenvalue weighted by Crippen LogP contribution is 2.40. The van der Waals surface area contributed by atoms with Crippen LogP contribution in [-0.2, 0) is 17.3 Å². The van der Waals surface area contributed by atoms with Crippen molar-refractivity contribution in [3.05, 3.63) is 47.2 Å². The van der Waals surface area contributed by atoms with Crippen molar-refractivity contribution in [2.75, 3.05) is 18.1 Å². The Bertz CT molecular complexity index is 1170. The van der Waals surface area contributed by atoms with E-state index in [1.54, 1.807) is 0 Å². The minimum atomic E-state index is -4.53. The largest absolute Gasteiger partial charge is 0.507 e. The average Bonchev–Trinajstić information content (AvgIpc) is 3.30. The number of ether oxygens (including phenoxy) is 1. The molecule has 0 aliphatic carbocycles. The number of anilines is 2. The van der Waals surface area contributed by atoms with Gasteiger partial charge in [0.25, 0.3) is 0 Å². The molecule has 4 heterocycles. The number of alkyl halides is 3. The lowest BCUT2D eigenvalue weighted by Crippen LogP contribution is -2.28. The number of fused-ring (bicyclic) bond motifs is 1. The number of hydrogen-bond donors (Lipinski definition) is 1. The van der Waals surface area contributed by atoms with Gasteiger partial charge in [0.2, 0.25) is 0 Å². The second-order valence-electron chi connectivity index (χ2n) is 8.44. The van der Waals surface area contributed by atoms with E-state index in [2.05, 4.69) is 10.2 Å². The molecule has 0 spiro atoms. The van der Waals surface area contributed by atoms with Gasteiger partial charge < -0.3 is 14.7 Å². The van der Waals surface area contributed by atoms with E-state index in [1.165, 1.54) is 6.07 Å². The summed E-state index contributed by atoms with van der Waals surface area (Å²) in [6.45, 7) is 3.32. The smallest absolute Gasteiger partial charge is 0.416 e. The predicted molar refractivity (Wildman–Crippen MR) is 115 cm³/mol. The molecule has 1 fully saturated rings. The SMILES string of the molecule is Cc1c(-c2ccc(C(F)(F)F)cc2O)nnc2c1CCCN2c1ccn(C2CCCCO2)n1. The Labute approximate surface area is 188 Å². The maximum atomic E-state index is 13.0. The maximum Gasteiger partial charge on any atom is 0.416 e. The summed E-state index contributed by atoms with van der Waals surface area (Å²) in [5.41, 5.74) is 1.44. The molecule has 5 rings (SSSR count). The Hall–Kier alpha value is -3.14. The van der Waals surface area contributed by atoms with Crippen molar-refractivity contribution in [2.45, 2.75) is 51.4 Å². The van der Waals surface area contributed by atoms with Crippen LogP contribution in [0.25, 0.3) is 11.3 Å². The van der Waals surface area contributed by atoms with Gasteiger partial charge in [0.1, 0.15) is 12.0 Å². The van der Waals surface area contributed by atoms with Gasteiger partial charge in [-0.3, -0.25) is 0 Å². The molecule has 33 heavy (non-hydrogen) atoms. The molecule has 2 aliphatic heterocycles. The summed E-state index contributed by atoms with van der Waals surface area (Å²) in [5.74, 6) is 0.966. The lowest BCUT2D eigenvalue weighted by molar-refractivity contribution is -0.137. The molecule has 1 saturated heterocycles. The second kappa shape index (κ2) is 8.33. The molecule has 10 heteroatoms. The Balaban J connectivity index is 1.47. The van der Waals surface area contributed by atoms with Gasteiger partial charge in [-0.05, 0) is 62.8 Å². The standard InChI is InChI=1S/C23H24F3N5O2/c1-14-16-5-4-10-30(19-9-11-31(29-19)20-6-2-3-12-33-20)22(16)28-27-21(14)17-8-7-15(13-18(17)32)23(24,25)26/h7-9,11,13,20,32H,2-6,10,12H2,1H3. The summed E-state index contributed by atoms with van der Waals surface area (Å²) in [4.78, 5) is 2.01. The molecule has 0 amide bonds. The number of nitrogens with zero attached hydrogens (tertiary/aromatic N) is 5. The highest BCUT2D eigenvalue weighted by Gasteiger charge is 2.32. The van der Waals surface area contributed by atoms with Gasteiger partial charge >= 0.3 is 6.18 Å². The molecule has 2 aromatic heterocycles. The number of halogens is 3. The highest BCUT2D eigenvalue weighted by atomic mass is 19.4. The van der Waals surface area contributed by atoms with Crippen LogP contribution < -0.4 is 4.90 Å². The van der Waals surface area contributed by atoms with Crippen LogP contribution in [0.5, 0.6) is 5.75 Å². The molecule has 2 aliphatic rings. The van der Waals surface area contributed by atoms with Gasteiger partial charge in [-0.25, -0.2) is 4.68 Å². The van der Waals surface area contributed by atoms with E-state index in [4.69, 9.17) is 9.84 Å². The molecule has 0 saturated carbocycles. The fraction of sp³-hybridized carbons (Fsp3) is 0.435. The summed E-state index contributed by atoms with van der Waals surface area (Å²) in [7, 11) is 0. The van der Waals surface area contributed by atoms with Gasteiger partial charge in [0.05, 0.1) is 11.3 Å². The first-order valence-electron chi connectivity index (χ1n) is 11.0. The van der Waals surface area contributed by atoms with Crippen LogP contribution in [-0.4, -0.2) is 38.2 Å². The third-order valence-electron chi connectivity index (χ3n) is 6.29. The van der Waals surface area contributed by atoms with Gasteiger partial charge in [0.15, 0.2) is 11.6 Å². The topological polar surface area (TPSA) is 76.3 Å². The van der Waals surface area contributed by atoms with Gasteiger partial charge in [-0.2, -0.15) is 18.3 Å². The molecular formula is C23H24F3N5O2. The van der Waals surface area contributed by atoms with Crippen molar-refractivity contribution in [1.82, 2.24) is 20.0 Å². The molecule has 1 aromatic carbocycles. The second-order valence-corrected chi connectivity index (χ2v) is 8.44. The van der Waals surface area contributed by atoms with E-state index in [-0.39, 0.29) is 11.8 Å². The van der Waals surface area contributed by atoms with Crippen molar-refractivity contribution in [3.8, 4) is 17.0 Å². The first-order valence-corrected chi connectivity index (χ1v) is 11.0. The molecule has 1 N–H and O–H groups in total. The molecule has 1 atom stereocenters. The van der Waals surface area contributed by atoms with Crippen LogP contribution in [0.2, 0.25) is 0 Å². The molecular weight excluding hydrogens is 435 g/mol. The minimum absolute atomic E-state index is 0.0606. The van der Waals surface area contributed by atoms with E-state index >= 15 is 0 Å². The van der Waals surface area contributed by atoms with Crippen LogP contribution in [0.1, 0.15) is 48.6 Å². The van der Waals surface area contributed by atoms with Crippen LogP contribution in [0.15, 0.2) is 30.5 Å². The minimum Gasteiger partial charge on any atom is -0.507 e. The fourth-order valence-corrected chi connectivity index (χ4v) is 4.53. The first-order chi connectivity index (χ1) is 15.8. The number of benzene rings is 1. The number of phenols is 1. The Kier molecular flexibility index (Phi) is 5.48. The summed E-state index contributed by atoms with van der Waals surface area (Å²) >= 11 is 0. The van der Waals surface area contributed by atoms with Crippen molar-refractivity contribution >= 4 is 11.6 Å². The number of rotatable bonds is 3.